The highest BCUT2D eigenvalue weighted by Gasteiger charge is 2.14. The van der Waals surface area contributed by atoms with Gasteiger partial charge in [-0.1, -0.05) is 48.5 Å². The summed E-state index contributed by atoms with van der Waals surface area (Å²) in [6.45, 7) is 1.63. The van der Waals surface area contributed by atoms with E-state index in [9.17, 15) is 4.79 Å². The number of benzene rings is 2. The van der Waals surface area contributed by atoms with Crippen molar-refractivity contribution in [3.8, 4) is 16.9 Å². The minimum atomic E-state index is -0.729. The summed E-state index contributed by atoms with van der Waals surface area (Å²) in [4.78, 5) is 12.9. The van der Waals surface area contributed by atoms with Crippen LogP contribution in [0.5, 0.6) is 0 Å². The van der Waals surface area contributed by atoms with E-state index in [1.54, 1.807) is 0 Å². The lowest BCUT2D eigenvalue weighted by Gasteiger charge is -2.16. The number of carboxylic acids is 1. The fraction of sp³-hybridized carbons (Fsp3) is 0.273. The zero-order valence-corrected chi connectivity index (χ0v) is 15.6. The molecule has 0 unspecified atom stereocenters. The molecule has 0 saturated carbocycles. The average molecular weight is 363 g/mol. The maximum Gasteiger partial charge on any atom is 0.303 e. The Bertz CT molecular complexity index is 860. The number of nitrogens with zero attached hydrogens (tertiary/aromatic N) is 3. The second kappa shape index (κ2) is 9.14. The van der Waals surface area contributed by atoms with Crippen LogP contribution >= 0.6 is 0 Å². The first kappa shape index (κ1) is 18.9. The molecule has 0 aliphatic carbocycles. The second-order valence-electron chi connectivity index (χ2n) is 6.74. The third-order valence-electron chi connectivity index (χ3n) is 4.48. The molecule has 0 radical (unpaired) electrons. The quantitative estimate of drug-likeness (QED) is 0.578. The van der Waals surface area contributed by atoms with Crippen molar-refractivity contribution in [2.75, 3.05) is 13.6 Å². The molecule has 1 heterocycles. The molecule has 0 saturated heterocycles. The molecule has 1 aromatic heterocycles. The van der Waals surface area contributed by atoms with Crippen molar-refractivity contribution in [2.24, 2.45) is 0 Å². The second-order valence-corrected chi connectivity index (χ2v) is 6.74. The highest BCUT2D eigenvalue weighted by molar-refractivity contribution is 5.66. The van der Waals surface area contributed by atoms with E-state index in [0.29, 0.717) is 6.42 Å². The number of carboxylic acid groups (broad SMARTS) is 1. The lowest BCUT2D eigenvalue weighted by atomic mass is 10.1. The zero-order chi connectivity index (χ0) is 19.1. The third kappa shape index (κ3) is 5.28. The molecule has 1 N–H and O–H groups in total. The highest BCUT2D eigenvalue weighted by atomic mass is 16.4. The first-order chi connectivity index (χ1) is 13.1. The van der Waals surface area contributed by atoms with Gasteiger partial charge in [-0.15, -0.1) is 0 Å². The molecule has 5 heteroatoms. The summed E-state index contributed by atoms with van der Waals surface area (Å²) in [5.74, 6) is -0.729. The van der Waals surface area contributed by atoms with Crippen molar-refractivity contribution >= 4 is 5.97 Å². The van der Waals surface area contributed by atoms with Crippen molar-refractivity contribution < 1.29 is 9.90 Å². The van der Waals surface area contributed by atoms with Crippen molar-refractivity contribution in [2.45, 2.75) is 25.8 Å². The maximum absolute atomic E-state index is 10.6. The van der Waals surface area contributed by atoms with Gasteiger partial charge < -0.3 is 10.0 Å². The first-order valence-corrected chi connectivity index (χ1v) is 9.23. The van der Waals surface area contributed by atoms with Gasteiger partial charge in [0.1, 0.15) is 0 Å². The SMILES string of the molecule is CN(CCCCC(=O)O)Cc1cn(-c2ccccc2)nc1-c1ccccc1. The molecule has 0 atom stereocenters. The number of aliphatic carboxylic acids is 1. The molecule has 3 aromatic rings. The van der Waals surface area contributed by atoms with E-state index in [4.69, 9.17) is 10.2 Å². The summed E-state index contributed by atoms with van der Waals surface area (Å²) in [6.07, 6.45) is 3.89. The van der Waals surface area contributed by atoms with Crippen LogP contribution in [0.4, 0.5) is 0 Å². The van der Waals surface area contributed by atoms with Crippen LogP contribution < -0.4 is 0 Å². The number of aromatic nitrogens is 2. The predicted octanol–water partition coefficient (Wildman–Crippen LogP) is 4.23. The molecule has 27 heavy (non-hydrogen) atoms. The number of para-hydroxylation sites is 1. The van der Waals surface area contributed by atoms with Crippen molar-refractivity contribution in [3.05, 3.63) is 72.4 Å². The first-order valence-electron chi connectivity index (χ1n) is 9.23. The standard InChI is InChI=1S/C22H25N3O2/c1-24(15-9-8-14-21(26)27)16-19-17-25(20-12-6-3-7-13-20)23-22(19)18-10-4-2-5-11-18/h2-7,10-13,17H,8-9,14-16H2,1H3,(H,26,27). The Balaban J connectivity index is 1.78. The van der Waals surface area contributed by atoms with E-state index in [1.807, 2.05) is 53.2 Å². The van der Waals surface area contributed by atoms with Gasteiger partial charge in [0.2, 0.25) is 0 Å². The Hall–Kier alpha value is -2.92. The molecule has 0 spiro atoms. The van der Waals surface area contributed by atoms with Gasteiger partial charge in [-0.25, -0.2) is 4.68 Å². The van der Waals surface area contributed by atoms with Crippen LogP contribution in [0.25, 0.3) is 16.9 Å². The van der Waals surface area contributed by atoms with Gasteiger partial charge >= 0.3 is 5.97 Å². The Labute approximate surface area is 159 Å². The van der Waals surface area contributed by atoms with Gasteiger partial charge in [0.15, 0.2) is 0 Å². The van der Waals surface area contributed by atoms with E-state index in [-0.39, 0.29) is 6.42 Å². The van der Waals surface area contributed by atoms with Crippen LogP contribution in [0.15, 0.2) is 66.9 Å². The monoisotopic (exact) mass is 363 g/mol. The largest absolute Gasteiger partial charge is 0.481 e. The summed E-state index contributed by atoms with van der Waals surface area (Å²) in [5, 5.41) is 13.6. The van der Waals surface area contributed by atoms with E-state index >= 15 is 0 Å². The van der Waals surface area contributed by atoms with E-state index in [1.165, 1.54) is 0 Å². The minimum absolute atomic E-state index is 0.231. The van der Waals surface area contributed by atoms with Crippen LogP contribution in [0.3, 0.4) is 0 Å². The molecule has 0 aliphatic heterocycles. The summed E-state index contributed by atoms with van der Waals surface area (Å²) in [7, 11) is 2.06. The van der Waals surface area contributed by atoms with E-state index in [2.05, 4.69) is 30.3 Å². The van der Waals surface area contributed by atoms with E-state index < -0.39 is 5.97 Å². The molecule has 0 aliphatic rings. The third-order valence-corrected chi connectivity index (χ3v) is 4.48. The fourth-order valence-electron chi connectivity index (χ4n) is 3.11. The Morgan fingerprint density at radius 1 is 1.04 bits per heavy atom. The van der Waals surface area contributed by atoms with Gasteiger partial charge in [-0.05, 0) is 38.6 Å². The summed E-state index contributed by atoms with van der Waals surface area (Å²) >= 11 is 0. The van der Waals surface area contributed by atoms with Gasteiger partial charge in [-0.2, -0.15) is 5.10 Å². The molecule has 2 aromatic carbocycles. The molecular formula is C22H25N3O2. The molecular weight excluding hydrogens is 338 g/mol. The number of rotatable bonds is 9. The topological polar surface area (TPSA) is 58.4 Å². The van der Waals surface area contributed by atoms with Crippen LogP contribution in [0, 0.1) is 0 Å². The van der Waals surface area contributed by atoms with Crippen LogP contribution in [0.2, 0.25) is 0 Å². The van der Waals surface area contributed by atoms with Gasteiger partial charge in [0.25, 0.3) is 0 Å². The lowest BCUT2D eigenvalue weighted by molar-refractivity contribution is -0.137. The normalized spacial score (nSPS) is 11.0. The van der Waals surface area contributed by atoms with Crippen molar-refractivity contribution in [1.82, 2.24) is 14.7 Å². The van der Waals surface area contributed by atoms with Gasteiger partial charge in [-0.3, -0.25) is 4.79 Å². The molecule has 0 bridgehead atoms. The van der Waals surface area contributed by atoms with Gasteiger partial charge in [0, 0.05) is 30.3 Å². The van der Waals surface area contributed by atoms with Crippen LogP contribution in [-0.2, 0) is 11.3 Å². The van der Waals surface area contributed by atoms with Crippen LogP contribution in [-0.4, -0.2) is 39.3 Å². The van der Waals surface area contributed by atoms with Gasteiger partial charge in [0.05, 0.1) is 11.4 Å². The lowest BCUT2D eigenvalue weighted by Crippen LogP contribution is -2.19. The number of hydrogen-bond acceptors (Lipinski definition) is 3. The smallest absolute Gasteiger partial charge is 0.303 e. The number of hydrogen-bond donors (Lipinski definition) is 1. The zero-order valence-electron chi connectivity index (χ0n) is 15.6. The molecule has 3 rings (SSSR count). The van der Waals surface area contributed by atoms with Crippen molar-refractivity contribution in [3.63, 3.8) is 0 Å². The average Bonchev–Trinajstić information content (AvgIpc) is 3.10. The number of carbonyl (C=O) groups is 1. The number of unbranched alkanes of at least 4 members (excludes halogenated alkanes) is 1. The van der Waals surface area contributed by atoms with Crippen molar-refractivity contribution in [1.29, 1.82) is 0 Å². The summed E-state index contributed by atoms with van der Waals surface area (Å²) in [5.41, 5.74) is 4.27. The minimum Gasteiger partial charge on any atom is -0.481 e. The molecule has 140 valence electrons. The van der Waals surface area contributed by atoms with Crippen LogP contribution in [0.1, 0.15) is 24.8 Å². The molecule has 0 amide bonds. The Kier molecular flexibility index (Phi) is 6.39. The predicted molar refractivity (Wildman–Crippen MR) is 107 cm³/mol. The maximum atomic E-state index is 10.6. The Morgan fingerprint density at radius 2 is 1.70 bits per heavy atom. The Morgan fingerprint density at radius 3 is 2.37 bits per heavy atom. The fourth-order valence-corrected chi connectivity index (χ4v) is 3.11. The summed E-state index contributed by atoms with van der Waals surface area (Å²) in [6, 6.07) is 20.3. The highest BCUT2D eigenvalue weighted by Crippen LogP contribution is 2.24. The van der Waals surface area contributed by atoms with E-state index in [0.717, 1.165) is 42.0 Å². The summed E-state index contributed by atoms with van der Waals surface area (Å²) < 4.78 is 1.93. The molecule has 0 fully saturated rings. The molecule has 5 nitrogen and oxygen atoms in total.